The van der Waals surface area contributed by atoms with Crippen LogP contribution in [-0.2, 0) is 4.79 Å². The van der Waals surface area contributed by atoms with E-state index in [4.69, 9.17) is 26.2 Å². The first-order valence-corrected chi connectivity index (χ1v) is 8.16. The molecule has 0 spiro atoms. The normalized spacial score (nSPS) is 16.2. The number of hydrogen-bond donors (Lipinski definition) is 1. The van der Waals surface area contributed by atoms with Crippen LogP contribution in [0.15, 0.2) is 35.9 Å². The number of aryl methyl sites for hydroxylation is 1. The number of carbonyl (C=O) groups is 1. The SMILES string of the molecule is COc1ccc(-c2cc(Cl)cc3c2O[C@@H](C(F)(F)F)C(C(=O)O)=C3)cc1C. The maximum Gasteiger partial charge on any atom is 0.430 e. The van der Waals surface area contributed by atoms with Crippen LogP contribution in [0.2, 0.25) is 5.02 Å². The highest BCUT2D eigenvalue weighted by molar-refractivity contribution is 6.31. The fourth-order valence-corrected chi connectivity index (χ4v) is 3.18. The van der Waals surface area contributed by atoms with Crippen molar-refractivity contribution in [1.29, 1.82) is 0 Å². The predicted octanol–water partition coefficient (Wildman–Crippen LogP) is 5.12. The average Bonchev–Trinajstić information content (AvgIpc) is 2.58. The molecule has 1 N–H and O–H groups in total. The molecule has 8 heteroatoms. The van der Waals surface area contributed by atoms with Gasteiger partial charge in [-0.25, -0.2) is 4.79 Å². The van der Waals surface area contributed by atoms with Gasteiger partial charge in [0, 0.05) is 16.1 Å². The Kier molecular flexibility index (Phi) is 4.82. The minimum Gasteiger partial charge on any atom is -0.496 e. The Morgan fingerprint density at radius 1 is 1.26 bits per heavy atom. The van der Waals surface area contributed by atoms with E-state index in [-0.39, 0.29) is 16.3 Å². The smallest absolute Gasteiger partial charge is 0.430 e. The van der Waals surface area contributed by atoms with Gasteiger partial charge in [-0.1, -0.05) is 17.7 Å². The Morgan fingerprint density at radius 2 is 1.96 bits per heavy atom. The quantitative estimate of drug-likeness (QED) is 0.780. The molecular weight excluding hydrogens is 385 g/mol. The molecule has 1 heterocycles. The van der Waals surface area contributed by atoms with Gasteiger partial charge in [-0.15, -0.1) is 0 Å². The van der Waals surface area contributed by atoms with Gasteiger partial charge in [-0.2, -0.15) is 13.2 Å². The summed E-state index contributed by atoms with van der Waals surface area (Å²) < 4.78 is 50.4. The number of hydrogen-bond acceptors (Lipinski definition) is 3. The summed E-state index contributed by atoms with van der Waals surface area (Å²) in [4.78, 5) is 11.3. The van der Waals surface area contributed by atoms with Crippen LogP contribution in [-0.4, -0.2) is 30.5 Å². The molecule has 0 bridgehead atoms. The fraction of sp³-hybridized carbons (Fsp3) is 0.211. The summed E-state index contributed by atoms with van der Waals surface area (Å²) in [5, 5.41) is 9.39. The lowest BCUT2D eigenvalue weighted by Crippen LogP contribution is -2.40. The van der Waals surface area contributed by atoms with Crippen molar-refractivity contribution in [2.45, 2.75) is 19.2 Å². The molecule has 4 nitrogen and oxygen atoms in total. The number of alkyl halides is 3. The molecule has 2 aromatic carbocycles. The first-order valence-electron chi connectivity index (χ1n) is 7.78. The van der Waals surface area contributed by atoms with Crippen LogP contribution in [0.5, 0.6) is 11.5 Å². The minimum absolute atomic E-state index is 0.0729. The summed E-state index contributed by atoms with van der Waals surface area (Å²) in [6.07, 6.45) is -6.50. The molecule has 2 aromatic rings. The third-order valence-electron chi connectivity index (χ3n) is 4.16. The molecular formula is C19H14ClF3O4. The first-order chi connectivity index (χ1) is 12.6. The molecule has 3 rings (SSSR count). The van der Waals surface area contributed by atoms with Crippen molar-refractivity contribution in [2.75, 3.05) is 7.11 Å². The Morgan fingerprint density at radius 3 is 2.52 bits per heavy atom. The Hall–Kier alpha value is -2.67. The second-order valence-electron chi connectivity index (χ2n) is 6.00. The van der Waals surface area contributed by atoms with Crippen molar-refractivity contribution in [3.05, 3.63) is 52.1 Å². The van der Waals surface area contributed by atoms with E-state index < -0.39 is 23.8 Å². The standard InChI is InChI=1S/C19H14ClF3O4/c1-9-5-10(3-4-15(9)26-2)13-8-12(20)6-11-7-14(18(24)25)17(19(21,22)23)27-16(11)13/h3-8,17H,1-2H3,(H,24,25)/t17-/m1/s1. The predicted molar refractivity (Wildman–Crippen MR) is 94.3 cm³/mol. The lowest BCUT2D eigenvalue weighted by Gasteiger charge is -2.28. The third-order valence-corrected chi connectivity index (χ3v) is 4.38. The highest BCUT2D eigenvalue weighted by Gasteiger charge is 2.48. The first kappa shape index (κ1) is 19.1. The second-order valence-corrected chi connectivity index (χ2v) is 6.44. The molecule has 0 aromatic heterocycles. The van der Waals surface area contributed by atoms with Gasteiger partial charge in [0.1, 0.15) is 11.5 Å². The van der Waals surface area contributed by atoms with Gasteiger partial charge in [0.05, 0.1) is 12.7 Å². The Balaban J connectivity index is 2.21. The Bertz CT molecular complexity index is 951. The molecule has 0 aliphatic carbocycles. The fourth-order valence-electron chi connectivity index (χ4n) is 2.96. The van der Waals surface area contributed by atoms with E-state index >= 15 is 0 Å². The van der Waals surface area contributed by atoms with Gasteiger partial charge in [-0.3, -0.25) is 0 Å². The van der Waals surface area contributed by atoms with Crippen LogP contribution in [0.4, 0.5) is 13.2 Å². The summed E-state index contributed by atoms with van der Waals surface area (Å²) in [7, 11) is 1.51. The van der Waals surface area contributed by atoms with E-state index in [1.54, 1.807) is 25.1 Å². The molecule has 1 atom stereocenters. The molecule has 0 amide bonds. The summed E-state index contributed by atoms with van der Waals surface area (Å²) >= 11 is 6.10. The number of rotatable bonds is 3. The van der Waals surface area contributed by atoms with E-state index in [9.17, 15) is 18.0 Å². The summed E-state index contributed by atoms with van der Waals surface area (Å²) in [6.45, 7) is 1.79. The molecule has 1 aliphatic heterocycles. The third kappa shape index (κ3) is 3.60. The Labute approximate surface area is 157 Å². The van der Waals surface area contributed by atoms with Crippen LogP contribution in [0.25, 0.3) is 17.2 Å². The molecule has 1 aliphatic rings. The molecule has 0 unspecified atom stereocenters. The molecule has 0 saturated carbocycles. The van der Waals surface area contributed by atoms with Crippen molar-refractivity contribution < 1.29 is 32.5 Å². The number of aliphatic carboxylic acids is 1. The number of methoxy groups -OCH3 is 1. The van der Waals surface area contributed by atoms with E-state index in [1.165, 1.54) is 19.2 Å². The number of benzene rings is 2. The van der Waals surface area contributed by atoms with E-state index in [0.717, 1.165) is 11.6 Å². The lowest BCUT2D eigenvalue weighted by atomic mass is 9.95. The molecule has 0 saturated heterocycles. The topological polar surface area (TPSA) is 55.8 Å². The maximum absolute atomic E-state index is 13.4. The molecule has 0 fully saturated rings. The van der Waals surface area contributed by atoms with Crippen molar-refractivity contribution in [1.82, 2.24) is 0 Å². The second kappa shape index (κ2) is 6.81. The minimum atomic E-state index is -4.88. The largest absolute Gasteiger partial charge is 0.496 e. The molecule has 27 heavy (non-hydrogen) atoms. The zero-order valence-electron chi connectivity index (χ0n) is 14.2. The van der Waals surface area contributed by atoms with Crippen LogP contribution in [0.3, 0.4) is 0 Å². The van der Waals surface area contributed by atoms with Crippen LogP contribution < -0.4 is 9.47 Å². The lowest BCUT2D eigenvalue weighted by molar-refractivity contribution is -0.187. The zero-order chi connectivity index (χ0) is 19.9. The number of halogens is 4. The van der Waals surface area contributed by atoms with Crippen molar-refractivity contribution >= 4 is 23.6 Å². The average molecular weight is 399 g/mol. The van der Waals surface area contributed by atoms with Gasteiger partial charge in [0.25, 0.3) is 0 Å². The van der Waals surface area contributed by atoms with Gasteiger partial charge in [-0.05, 0) is 48.4 Å². The maximum atomic E-state index is 13.4. The number of ether oxygens (including phenoxy) is 2. The van der Waals surface area contributed by atoms with Gasteiger partial charge in [0.15, 0.2) is 0 Å². The van der Waals surface area contributed by atoms with Gasteiger partial charge < -0.3 is 14.6 Å². The van der Waals surface area contributed by atoms with Crippen LogP contribution in [0, 0.1) is 6.92 Å². The zero-order valence-corrected chi connectivity index (χ0v) is 15.0. The summed E-state index contributed by atoms with van der Waals surface area (Å²) in [5.74, 6) is -1.15. The van der Waals surface area contributed by atoms with Gasteiger partial charge in [0.2, 0.25) is 6.10 Å². The summed E-state index contributed by atoms with van der Waals surface area (Å²) in [6, 6.07) is 7.93. The van der Waals surface area contributed by atoms with E-state index in [1.807, 2.05) is 0 Å². The van der Waals surface area contributed by atoms with Crippen molar-refractivity contribution in [2.24, 2.45) is 0 Å². The number of carboxylic acid groups (broad SMARTS) is 1. The van der Waals surface area contributed by atoms with Crippen molar-refractivity contribution in [3.8, 4) is 22.6 Å². The number of fused-ring (bicyclic) bond motifs is 1. The highest BCUT2D eigenvalue weighted by atomic mass is 35.5. The highest BCUT2D eigenvalue weighted by Crippen LogP contribution is 2.44. The van der Waals surface area contributed by atoms with E-state index in [2.05, 4.69) is 0 Å². The number of carboxylic acids is 1. The van der Waals surface area contributed by atoms with Crippen LogP contribution >= 0.6 is 11.6 Å². The van der Waals surface area contributed by atoms with Crippen LogP contribution in [0.1, 0.15) is 11.1 Å². The van der Waals surface area contributed by atoms with Gasteiger partial charge >= 0.3 is 12.1 Å². The molecule has 142 valence electrons. The van der Waals surface area contributed by atoms with Crippen molar-refractivity contribution in [3.63, 3.8) is 0 Å². The summed E-state index contributed by atoms with van der Waals surface area (Å²) in [5.41, 5.74) is 0.949. The van der Waals surface area contributed by atoms with E-state index in [0.29, 0.717) is 16.9 Å². The molecule has 0 radical (unpaired) electrons. The monoisotopic (exact) mass is 398 g/mol.